The topological polar surface area (TPSA) is 38.7 Å². The summed E-state index contributed by atoms with van der Waals surface area (Å²) < 4.78 is 0. The molecule has 1 atom stereocenters. The van der Waals surface area contributed by atoms with Gasteiger partial charge in [0.25, 0.3) is 0 Å². The van der Waals surface area contributed by atoms with Crippen LogP contribution in [0.4, 0.5) is 0 Å². The maximum Gasteiger partial charge on any atom is 0.164 e. The summed E-state index contributed by atoms with van der Waals surface area (Å²) in [6.07, 6.45) is 12.0. The molecule has 1 aromatic heterocycles. The van der Waals surface area contributed by atoms with Gasteiger partial charge in [0.05, 0.1) is 0 Å². The van der Waals surface area contributed by atoms with Crippen LogP contribution >= 0.6 is 0 Å². The number of rotatable bonds is 4. The lowest BCUT2D eigenvalue weighted by Gasteiger charge is -2.20. The van der Waals surface area contributed by atoms with E-state index in [2.05, 4.69) is 134 Å². The van der Waals surface area contributed by atoms with Crippen LogP contribution in [0.25, 0.3) is 68.2 Å². The molecule has 0 amide bonds. The quantitative estimate of drug-likeness (QED) is 0.218. The molecule has 6 aromatic rings. The average Bonchev–Trinajstić information content (AvgIpc) is 3.07. The fraction of sp³-hybridized carbons (Fsp3) is 0.125. The van der Waals surface area contributed by atoms with Gasteiger partial charge in [0, 0.05) is 16.7 Å². The molecule has 2 aliphatic rings. The molecule has 1 heterocycles. The Morgan fingerprint density at radius 3 is 2.00 bits per heavy atom. The van der Waals surface area contributed by atoms with E-state index >= 15 is 0 Å². The smallest absolute Gasteiger partial charge is 0.164 e. The van der Waals surface area contributed by atoms with Crippen LogP contribution in [0.3, 0.4) is 0 Å². The van der Waals surface area contributed by atoms with Gasteiger partial charge in [-0.3, -0.25) is 0 Å². The van der Waals surface area contributed by atoms with Crippen molar-refractivity contribution in [2.24, 2.45) is 5.92 Å². The van der Waals surface area contributed by atoms with Gasteiger partial charge in [0.15, 0.2) is 17.5 Å². The molecule has 8 rings (SSSR count). The van der Waals surface area contributed by atoms with E-state index in [0.717, 1.165) is 47.6 Å². The van der Waals surface area contributed by atoms with E-state index < -0.39 is 0 Å². The number of allylic oxidation sites excluding steroid dienone is 2. The van der Waals surface area contributed by atoms with Crippen LogP contribution in [0.2, 0.25) is 0 Å². The zero-order valence-corrected chi connectivity index (χ0v) is 24.2. The van der Waals surface area contributed by atoms with Crippen molar-refractivity contribution in [3.8, 4) is 45.3 Å². The Morgan fingerprint density at radius 1 is 0.558 bits per heavy atom. The van der Waals surface area contributed by atoms with Crippen LogP contribution in [0.1, 0.15) is 35.6 Å². The molecule has 0 saturated carbocycles. The first kappa shape index (κ1) is 25.6. The number of aromatic nitrogens is 3. The molecule has 1 unspecified atom stereocenters. The predicted molar refractivity (Wildman–Crippen MR) is 178 cm³/mol. The number of benzene rings is 5. The Morgan fingerprint density at radius 2 is 1.19 bits per heavy atom. The normalized spacial score (nSPS) is 15.3. The van der Waals surface area contributed by atoms with Gasteiger partial charge in [-0.2, -0.15) is 0 Å². The largest absolute Gasteiger partial charge is 0.208 e. The summed E-state index contributed by atoms with van der Waals surface area (Å²) in [5, 5.41) is 2.50. The van der Waals surface area contributed by atoms with E-state index in [9.17, 15) is 0 Å². The Labute approximate surface area is 252 Å². The van der Waals surface area contributed by atoms with Crippen molar-refractivity contribution in [1.82, 2.24) is 15.0 Å². The first-order chi connectivity index (χ1) is 21.2. The Hall–Kier alpha value is -5.15. The van der Waals surface area contributed by atoms with Crippen molar-refractivity contribution in [1.29, 1.82) is 0 Å². The number of hydrogen-bond donors (Lipinski definition) is 0. The molecule has 0 aliphatic heterocycles. The van der Waals surface area contributed by atoms with Crippen LogP contribution in [-0.4, -0.2) is 15.0 Å². The van der Waals surface area contributed by atoms with Crippen molar-refractivity contribution in [3.05, 3.63) is 138 Å². The van der Waals surface area contributed by atoms with Gasteiger partial charge in [-0.25, -0.2) is 15.0 Å². The van der Waals surface area contributed by atoms with E-state index in [1.54, 1.807) is 0 Å². The van der Waals surface area contributed by atoms with Crippen LogP contribution < -0.4 is 0 Å². The second-order valence-corrected chi connectivity index (χ2v) is 11.6. The lowest BCUT2D eigenvalue weighted by Crippen LogP contribution is -2.08. The predicted octanol–water partition coefficient (Wildman–Crippen LogP) is 9.86. The molecule has 3 nitrogen and oxygen atoms in total. The first-order valence-electron chi connectivity index (χ1n) is 15.2. The molecule has 0 spiro atoms. The molecule has 206 valence electrons. The van der Waals surface area contributed by atoms with Crippen LogP contribution in [-0.2, 0) is 12.8 Å². The summed E-state index contributed by atoms with van der Waals surface area (Å²) in [5.74, 6) is 2.65. The maximum atomic E-state index is 5.17. The summed E-state index contributed by atoms with van der Waals surface area (Å²) in [5.41, 5.74) is 10.7. The Kier molecular flexibility index (Phi) is 6.30. The van der Waals surface area contributed by atoms with Gasteiger partial charge < -0.3 is 0 Å². The third kappa shape index (κ3) is 4.67. The highest BCUT2D eigenvalue weighted by molar-refractivity contribution is 5.96. The van der Waals surface area contributed by atoms with Crippen molar-refractivity contribution >= 4 is 22.9 Å². The fourth-order valence-electron chi connectivity index (χ4n) is 6.57. The monoisotopic (exact) mass is 553 g/mol. The second kappa shape index (κ2) is 10.6. The van der Waals surface area contributed by atoms with Gasteiger partial charge in [0.1, 0.15) is 0 Å². The summed E-state index contributed by atoms with van der Waals surface area (Å²) in [7, 11) is 0. The lowest BCUT2D eigenvalue weighted by atomic mass is 9.87. The van der Waals surface area contributed by atoms with Crippen molar-refractivity contribution < 1.29 is 0 Å². The molecular weight excluding hydrogens is 522 g/mol. The summed E-state index contributed by atoms with van der Waals surface area (Å²) in [6.45, 7) is 2.27. The third-order valence-electron chi connectivity index (χ3n) is 8.77. The molecule has 0 saturated heterocycles. The second-order valence-electron chi connectivity index (χ2n) is 11.6. The third-order valence-corrected chi connectivity index (χ3v) is 8.77. The fourth-order valence-corrected chi connectivity index (χ4v) is 6.57. The number of hydrogen-bond acceptors (Lipinski definition) is 3. The molecule has 0 fully saturated rings. The summed E-state index contributed by atoms with van der Waals surface area (Å²) in [4.78, 5) is 15.4. The molecule has 43 heavy (non-hydrogen) atoms. The van der Waals surface area contributed by atoms with Gasteiger partial charge in [-0.05, 0) is 69.3 Å². The highest BCUT2D eigenvalue weighted by atomic mass is 15.0. The highest BCUT2D eigenvalue weighted by Gasteiger charge is 2.21. The first-order valence-corrected chi connectivity index (χ1v) is 15.2. The Balaban J connectivity index is 1.29. The minimum atomic E-state index is 0.476. The lowest BCUT2D eigenvalue weighted by molar-refractivity contribution is 0.718. The average molecular weight is 554 g/mol. The summed E-state index contributed by atoms with van der Waals surface area (Å²) in [6, 6.07) is 36.6. The van der Waals surface area contributed by atoms with E-state index in [-0.39, 0.29) is 0 Å². The minimum Gasteiger partial charge on any atom is -0.208 e. The van der Waals surface area contributed by atoms with Gasteiger partial charge in [-0.1, -0.05) is 134 Å². The van der Waals surface area contributed by atoms with Crippen molar-refractivity contribution in [2.75, 3.05) is 0 Å². The van der Waals surface area contributed by atoms with Gasteiger partial charge in [0.2, 0.25) is 0 Å². The SMILES string of the molecule is CC1C=Cc2cccc(-c3nc(-c4ccc(-c5cccc6ccccc56)cc4)nc(-c4cccc5c4CCC=C5)n3)c2C1. The summed E-state index contributed by atoms with van der Waals surface area (Å²) >= 11 is 0. The van der Waals surface area contributed by atoms with Crippen molar-refractivity contribution in [2.45, 2.75) is 26.2 Å². The van der Waals surface area contributed by atoms with E-state index in [1.807, 2.05) is 0 Å². The molecule has 0 radical (unpaired) electrons. The number of nitrogens with zero attached hydrogens (tertiary/aromatic N) is 3. The molecule has 5 aromatic carbocycles. The van der Waals surface area contributed by atoms with E-state index in [4.69, 9.17) is 15.0 Å². The molecule has 0 N–H and O–H groups in total. The van der Waals surface area contributed by atoms with Crippen LogP contribution in [0, 0.1) is 5.92 Å². The van der Waals surface area contributed by atoms with E-state index in [0.29, 0.717) is 11.7 Å². The zero-order valence-electron chi connectivity index (χ0n) is 24.2. The van der Waals surface area contributed by atoms with Crippen LogP contribution in [0.5, 0.6) is 0 Å². The number of fused-ring (bicyclic) bond motifs is 3. The Bertz CT molecular complexity index is 2060. The minimum absolute atomic E-state index is 0.476. The highest BCUT2D eigenvalue weighted by Crippen LogP contribution is 2.35. The van der Waals surface area contributed by atoms with Gasteiger partial charge in [-0.15, -0.1) is 0 Å². The molecule has 2 aliphatic carbocycles. The van der Waals surface area contributed by atoms with Crippen molar-refractivity contribution in [3.63, 3.8) is 0 Å². The molecule has 0 bridgehead atoms. The standard InChI is InChI=1S/C40H31N3/c1-26-19-20-29-13-8-18-36(37(29)25-26)40-42-38(41-39(43-40)35-17-7-12-28-10-3-5-15-34(28)35)31-23-21-30(22-24-31)33-16-6-11-27-9-2-4-14-32(27)33/h2-4,6-14,16-24,26H,5,15,25H2,1H3. The van der Waals surface area contributed by atoms with Crippen LogP contribution in [0.15, 0.2) is 115 Å². The molecular formula is C40H31N3. The molecule has 3 heteroatoms. The zero-order chi connectivity index (χ0) is 28.8. The van der Waals surface area contributed by atoms with Gasteiger partial charge >= 0.3 is 0 Å². The van der Waals surface area contributed by atoms with E-state index in [1.165, 1.54) is 44.2 Å². The maximum absolute atomic E-state index is 5.17.